The van der Waals surface area contributed by atoms with Crippen molar-refractivity contribution in [1.29, 1.82) is 0 Å². The second kappa shape index (κ2) is 6.64. The predicted molar refractivity (Wildman–Crippen MR) is 72.2 cm³/mol. The van der Waals surface area contributed by atoms with Crippen LogP contribution in [0.25, 0.3) is 0 Å². The van der Waals surface area contributed by atoms with E-state index in [0.717, 1.165) is 10.0 Å². The Bertz CT molecular complexity index is 431. The number of carbonyl (C=O) groups is 1. The molecule has 0 unspecified atom stereocenters. The van der Waals surface area contributed by atoms with Crippen LogP contribution in [0.1, 0.15) is 19.4 Å². The zero-order valence-electron chi connectivity index (χ0n) is 11.0. The van der Waals surface area contributed by atoms with Crippen LogP contribution in [-0.2, 0) is 16.0 Å². The van der Waals surface area contributed by atoms with Gasteiger partial charge in [-0.3, -0.25) is 4.79 Å². The van der Waals surface area contributed by atoms with Gasteiger partial charge in [-0.25, -0.2) is 0 Å². The maximum absolute atomic E-state index is 10.9. The van der Waals surface area contributed by atoms with Crippen LogP contribution in [0.5, 0.6) is 11.5 Å². The Kier molecular flexibility index (Phi) is 5.47. The predicted octanol–water partition coefficient (Wildman–Crippen LogP) is 2.96. The summed E-state index contributed by atoms with van der Waals surface area (Å²) in [5, 5.41) is 0. The Morgan fingerprint density at radius 2 is 1.83 bits per heavy atom. The maximum atomic E-state index is 10.9. The summed E-state index contributed by atoms with van der Waals surface area (Å²) >= 11 is 3.47. The molecule has 1 atom stereocenters. The molecule has 0 heterocycles. The highest BCUT2D eigenvalue weighted by Gasteiger charge is 2.13. The van der Waals surface area contributed by atoms with Crippen molar-refractivity contribution < 1.29 is 19.0 Å². The Morgan fingerprint density at radius 1 is 1.28 bits per heavy atom. The van der Waals surface area contributed by atoms with E-state index in [1.165, 1.54) is 6.92 Å². The second-order valence-corrected chi connectivity index (χ2v) is 4.78. The van der Waals surface area contributed by atoms with Crippen molar-refractivity contribution in [2.75, 3.05) is 14.2 Å². The minimum atomic E-state index is -0.279. The summed E-state index contributed by atoms with van der Waals surface area (Å²) in [6.07, 6.45) is 0.428. The zero-order chi connectivity index (χ0) is 13.7. The van der Waals surface area contributed by atoms with E-state index in [9.17, 15) is 4.79 Å². The fraction of sp³-hybridized carbons (Fsp3) is 0.462. The van der Waals surface area contributed by atoms with Crippen molar-refractivity contribution in [2.45, 2.75) is 26.4 Å². The van der Waals surface area contributed by atoms with Crippen molar-refractivity contribution in [3.05, 3.63) is 22.2 Å². The Morgan fingerprint density at radius 3 is 2.33 bits per heavy atom. The lowest BCUT2D eigenvalue weighted by Crippen LogP contribution is -2.15. The van der Waals surface area contributed by atoms with Gasteiger partial charge in [-0.15, -0.1) is 0 Å². The molecular formula is C13H17BrO4. The molecule has 0 aliphatic rings. The van der Waals surface area contributed by atoms with E-state index < -0.39 is 0 Å². The van der Waals surface area contributed by atoms with Crippen molar-refractivity contribution in [3.63, 3.8) is 0 Å². The van der Waals surface area contributed by atoms with Crippen LogP contribution in [0.4, 0.5) is 0 Å². The molecule has 0 spiro atoms. The average Bonchev–Trinajstić information content (AvgIpc) is 2.30. The van der Waals surface area contributed by atoms with E-state index >= 15 is 0 Å². The Balaban J connectivity index is 2.92. The second-order valence-electron chi connectivity index (χ2n) is 3.92. The Labute approximate surface area is 115 Å². The van der Waals surface area contributed by atoms with Gasteiger partial charge in [0, 0.05) is 17.8 Å². The molecule has 5 heteroatoms. The number of ether oxygens (including phenoxy) is 3. The minimum Gasteiger partial charge on any atom is -0.493 e. The molecule has 1 aromatic rings. The summed E-state index contributed by atoms with van der Waals surface area (Å²) in [6.45, 7) is 3.25. The summed E-state index contributed by atoms with van der Waals surface area (Å²) in [7, 11) is 3.18. The lowest BCUT2D eigenvalue weighted by atomic mass is 10.1. The van der Waals surface area contributed by atoms with Crippen molar-refractivity contribution >= 4 is 21.9 Å². The molecule has 0 aliphatic heterocycles. The van der Waals surface area contributed by atoms with E-state index in [0.29, 0.717) is 17.9 Å². The molecular weight excluding hydrogens is 300 g/mol. The third-order valence-corrected chi connectivity index (χ3v) is 3.17. The van der Waals surface area contributed by atoms with Crippen LogP contribution < -0.4 is 9.47 Å². The van der Waals surface area contributed by atoms with Gasteiger partial charge < -0.3 is 14.2 Å². The molecule has 0 saturated heterocycles. The molecule has 0 aliphatic carbocycles. The monoisotopic (exact) mass is 316 g/mol. The van der Waals surface area contributed by atoms with E-state index in [1.54, 1.807) is 14.2 Å². The molecule has 4 nitrogen and oxygen atoms in total. The van der Waals surface area contributed by atoms with E-state index in [4.69, 9.17) is 14.2 Å². The summed E-state index contributed by atoms with van der Waals surface area (Å²) in [6, 6.07) is 3.72. The van der Waals surface area contributed by atoms with Crippen LogP contribution in [0.2, 0.25) is 0 Å². The summed E-state index contributed by atoms with van der Waals surface area (Å²) in [5.74, 6) is 1.04. The molecule has 0 amide bonds. The molecule has 0 bridgehead atoms. The van der Waals surface area contributed by atoms with Crippen molar-refractivity contribution in [2.24, 2.45) is 0 Å². The lowest BCUT2D eigenvalue weighted by Gasteiger charge is -2.15. The number of carbonyl (C=O) groups excluding carboxylic acids is 1. The van der Waals surface area contributed by atoms with Crippen LogP contribution in [0.15, 0.2) is 16.6 Å². The molecule has 0 fully saturated rings. The molecule has 100 valence electrons. The first-order chi connectivity index (χ1) is 8.47. The topological polar surface area (TPSA) is 44.8 Å². The van der Waals surface area contributed by atoms with Crippen LogP contribution in [0.3, 0.4) is 0 Å². The molecule has 0 radical (unpaired) electrons. The highest BCUT2D eigenvalue weighted by Crippen LogP contribution is 2.33. The largest absolute Gasteiger partial charge is 0.493 e. The summed E-state index contributed by atoms with van der Waals surface area (Å²) in [4.78, 5) is 10.9. The van der Waals surface area contributed by atoms with Crippen LogP contribution in [0, 0.1) is 0 Å². The minimum absolute atomic E-state index is 0.183. The van der Waals surface area contributed by atoms with Gasteiger partial charge in [0.25, 0.3) is 0 Å². The first-order valence-electron chi connectivity index (χ1n) is 5.55. The van der Waals surface area contributed by atoms with Gasteiger partial charge in [-0.1, -0.05) is 15.9 Å². The number of halogens is 1. The normalized spacial score (nSPS) is 11.8. The molecule has 1 rings (SSSR count). The van der Waals surface area contributed by atoms with Gasteiger partial charge in [-0.05, 0) is 24.6 Å². The highest BCUT2D eigenvalue weighted by atomic mass is 79.9. The lowest BCUT2D eigenvalue weighted by molar-refractivity contribution is -0.145. The molecule has 0 aromatic heterocycles. The number of hydrogen-bond donors (Lipinski definition) is 0. The SMILES string of the molecule is COc1cc(Br)c(C[C@H](C)OC(C)=O)cc1OC. The fourth-order valence-corrected chi connectivity index (χ4v) is 2.17. The van der Waals surface area contributed by atoms with Gasteiger partial charge in [0.1, 0.15) is 6.10 Å². The number of esters is 1. The third-order valence-electron chi connectivity index (χ3n) is 2.43. The quantitative estimate of drug-likeness (QED) is 0.783. The smallest absolute Gasteiger partial charge is 0.302 e. The highest BCUT2D eigenvalue weighted by molar-refractivity contribution is 9.10. The number of benzene rings is 1. The number of rotatable bonds is 5. The third kappa shape index (κ3) is 3.91. The van der Waals surface area contributed by atoms with E-state index in [1.807, 2.05) is 19.1 Å². The van der Waals surface area contributed by atoms with Crippen LogP contribution in [-0.4, -0.2) is 26.3 Å². The van der Waals surface area contributed by atoms with Crippen molar-refractivity contribution in [3.8, 4) is 11.5 Å². The first-order valence-corrected chi connectivity index (χ1v) is 6.34. The molecule has 1 aromatic carbocycles. The first kappa shape index (κ1) is 14.8. The number of methoxy groups -OCH3 is 2. The molecule has 18 heavy (non-hydrogen) atoms. The van der Waals surface area contributed by atoms with Crippen LogP contribution >= 0.6 is 15.9 Å². The standard InChI is InChI=1S/C13H17BrO4/c1-8(18-9(2)15)5-10-6-12(16-3)13(17-4)7-11(10)14/h6-8H,5H2,1-4H3/t8-/m0/s1. The Hall–Kier alpha value is -1.23. The molecule has 0 saturated carbocycles. The van der Waals surface area contributed by atoms with Crippen molar-refractivity contribution in [1.82, 2.24) is 0 Å². The van der Waals surface area contributed by atoms with E-state index in [-0.39, 0.29) is 12.1 Å². The van der Waals surface area contributed by atoms with E-state index in [2.05, 4.69) is 15.9 Å². The van der Waals surface area contributed by atoms with Gasteiger partial charge in [0.2, 0.25) is 0 Å². The van der Waals surface area contributed by atoms with Gasteiger partial charge in [0.15, 0.2) is 11.5 Å². The summed E-state index contributed by atoms with van der Waals surface area (Å²) < 4.78 is 16.5. The molecule has 0 N–H and O–H groups in total. The average molecular weight is 317 g/mol. The summed E-state index contributed by atoms with van der Waals surface area (Å²) in [5.41, 5.74) is 1.00. The van der Waals surface area contributed by atoms with Gasteiger partial charge in [0.05, 0.1) is 14.2 Å². The zero-order valence-corrected chi connectivity index (χ0v) is 12.5. The maximum Gasteiger partial charge on any atom is 0.302 e. The van der Waals surface area contributed by atoms with Gasteiger partial charge >= 0.3 is 5.97 Å². The number of hydrogen-bond acceptors (Lipinski definition) is 4. The fourth-order valence-electron chi connectivity index (χ4n) is 1.69. The van der Waals surface area contributed by atoms with Gasteiger partial charge in [-0.2, -0.15) is 0 Å².